The number of phenolic OH excluding ortho intramolecular Hbond substituents is 1. The number of hydrogen-bond donors (Lipinski definition) is 1. The summed E-state index contributed by atoms with van der Waals surface area (Å²) >= 11 is 0. The van der Waals surface area contributed by atoms with Crippen LogP contribution in [0.2, 0.25) is 0 Å². The predicted octanol–water partition coefficient (Wildman–Crippen LogP) is 2.77. The van der Waals surface area contributed by atoms with Crippen molar-refractivity contribution in [3.63, 3.8) is 0 Å². The summed E-state index contributed by atoms with van der Waals surface area (Å²) in [6.07, 6.45) is 1.18. The van der Waals surface area contributed by atoms with Crippen LogP contribution in [0.3, 0.4) is 0 Å². The second-order valence-electron chi connectivity index (χ2n) is 4.30. The van der Waals surface area contributed by atoms with Gasteiger partial charge in [-0.2, -0.15) is 0 Å². The molecule has 0 spiro atoms. The first kappa shape index (κ1) is 12.6. The topological polar surface area (TPSA) is 54.4 Å². The Bertz CT molecular complexity index is 671. The molecule has 94 valence electrons. The monoisotopic (exact) mass is 262 g/mol. The Morgan fingerprint density at radius 3 is 2.00 bits per heavy atom. The molecule has 2 aromatic rings. The molecule has 0 saturated heterocycles. The molecule has 1 N–H and O–H groups in total. The summed E-state index contributed by atoms with van der Waals surface area (Å²) < 4.78 is 22.7. The minimum atomic E-state index is -3.17. The minimum Gasteiger partial charge on any atom is -0.508 e. The lowest BCUT2D eigenvalue weighted by molar-refractivity contribution is 0.471. The third-order valence-electron chi connectivity index (χ3n) is 2.82. The smallest absolute Gasteiger partial charge is 0.175 e. The van der Waals surface area contributed by atoms with Gasteiger partial charge in [0.15, 0.2) is 9.84 Å². The molecule has 3 nitrogen and oxygen atoms in total. The van der Waals surface area contributed by atoms with E-state index in [4.69, 9.17) is 0 Å². The molecule has 0 aliphatic heterocycles. The van der Waals surface area contributed by atoms with Crippen LogP contribution in [0, 0.1) is 6.92 Å². The van der Waals surface area contributed by atoms with Crippen LogP contribution < -0.4 is 0 Å². The normalized spacial score (nSPS) is 11.4. The van der Waals surface area contributed by atoms with E-state index in [1.54, 1.807) is 30.3 Å². The van der Waals surface area contributed by atoms with Crippen molar-refractivity contribution in [2.45, 2.75) is 11.8 Å². The molecule has 0 aliphatic carbocycles. The first-order chi connectivity index (χ1) is 8.38. The molecule has 0 fully saturated rings. The molecule has 0 unspecified atom stereocenters. The lowest BCUT2D eigenvalue weighted by atomic mass is 10.0. The van der Waals surface area contributed by atoms with Crippen molar-refractivity contribution in [2.75, 3.05) is 6.26 Å². The Morgan fingerprint density at radius 1 is 0.944 bits per heavy atom. The highest BCUT2D eigenvalue weighted by Gasteiger charge is 2.07. The maximum absolute atomic E-state index is 11.3. The third-order valence-corrected chi connectivity index (χ3v) is 3.95. The standard InChI is InChI=1S/C14H14O3S/c1-10-3-4-12(9-14(10)15)11-5-7-13(8-6-11)18(2,16)17/h3-9,15H,1-2H3. The molecule has 0 bridgehead atoms. The van der Waals surface area contributed by atoms with E-state index in [1.165, 1.54) is 6.26 Å². The van der Waals surface area contributed by atoms with Gasteiger partial charge in [0, 0.05) is 6.26 Å². The number of benzene rings is 2. The summed E-state index contributed by atoms with van der Waals surface area (Å²) in [4.78, 5) is 0.294. The number of rotatable bonds is 2. The summed E-state index contributed by atoms with van der Waals surface area (Å²) in [5.74, 6) is 0.236. The molecule has 0 heterocycles. The number of aryl methyl sites for hydroxylation is 1. The molecular formula is C14H14O3S. The molecule has 18 heavy (non-hydrogen) atoms. The third kappa shape index (κ3) is 2.54. The SMILES string of the molecule is Cc1ccc(-c2ccc(S(C)(=O)=O)cc2)cc1O. The fourth-order valence-electron chi connectivity index (χ4n) is 1.68. The predicted molar refractivity (Wildman–Crippen MR) is 71.4 cm³/mol. The van der Waals surface area contributed by atoms with Crippen LogP contribution in [0.5, 0.6) is 5.75 Å². The fourth-order valence-corrected chi connectivity index (χ4v) is 2.31. The second kappa shape index (κ2) is 4.46. The van der Waals surface area contributed by atoms with Gasteiger partial charge in [0.25, 0.3) is 0 Å². The van der Waals surface area contributed by atoms with Gasteiger partial charge in [-0.1, -0.05) is 24.3 Å². The molecule has 0 atom stereocenters. The zero-order valence-electron chi connectivity index (χ0n) is 10.2. The Hall–Kier alpha value is -1.81. The molecular weight excluding hydrogens is 248 g/mol. The molecule has 4 heteroatoms. The molecule has 0 radical (unpaired) electrons. The van der Waals surface area contributed by atoms with Gasteiger partial charge in [0.2, 0.25) is 0 Å². The Balaban J connectivity index is 2.43. The van der Waals surface area contributed by atoms with Crippen LogP contribution in [0.1, 0.15) is 5.56 Å². The number of phenols is 1. The van der Waals surface area contributed by atoms with E-state index in [9.17, 15) is 13.5 Å². The molecule has 2 aromatic carbocycles. The number of sulfone groups is 1. The van der Waals surface area contributed by atoms with Gasteiger partial charge in [-0.15, -0.1) is 0 Å². The van der Waals surface area contributed by atoms with Gasteiger partial charge >= 0.3 is 0 Å². The van der Waals surface area contributed by atoms with Crippen molar-refractivity contribution in [1.29, 1.82) is 0 Å². The summed E-state index contributed by atoms with van der Waals surface area (Å²) in [5.41, 5.74) is 2.54. The summed E-state index contributed by atoms with van der Waals surface area (Å²) in [5, 5.41) is 9.65. The van der Waals surface area contributed by atoms with Crippen molar-refractivity contribution in [1.82, 2.24) is 0 Å². The second-order valence-corrected chi connectivity index (χ2v) is 6.31. The van der Waals surface area contributed by atoms with Crippen molar-refractivity contribution in [3.05, 3.63) is 48.0 Å². The molecule has 0 aromatic heterocycles. The maximum Gasteiger partial charge on any atom is 0.175 e. The van der Waals surface area contributed by atoms with Crippen LogP contribution in [-0.4, -0.2) is 19.8 Å². The van der Waals surface area contributed by atoms with Gasteiger partial charge in [-0.05, 0) is 41.8 Å². The largest absolute Gasteiger partial charge is 0.508 e. The zero-order chi connectivity index (χ0) is 13.3. The lowest BCUT2D eigenvalue weighted by Crippen LogP contribution is -1.96. The van der Waals surface area contributed by atoms with E-state index in [2.05, 4.69) is 0 Å². The van der Waals surface area contributed by atoms with Gasteiger partial charge in [0.05, 0.1) is 4.90 Å². The highest BCUT2D eigenvalue weighted by atomic mass is 32.2. The lowest BCUT2D eigenvalue weighted by Gasteiger charge is -2.05. The van der Waals surface area contributed by atoms with E-state index in [0.29, 0.717) is 4.90 Å². The van der Waals surface area contributed by atoms with Gasteiger partial charge in [-0.3, -0.25) is 0 Å². The minimum absolute atomic E-state index is 0.236. The van der Waals surface area contributed by atoms with Gasteiger partial charge in [-0.25, -0.2) is 8.42 Å². The fraction of sp³-hybridized carbons (Fsp3) is 0.143. The molecule has 0 amide bonds. The van der Waals surface area contributed by atoms with Crippen molar-refractivity contribution in [2.24, 2.45) is 0 Å². The first-order valence-corrected chi connectivity index (χ1v) is 7.37. The van der Waals surface area contributed by atoms with E-state index < -0.39 is 9.84 Å². The Morgan fingerprint density at radius 2 is 1.50 bits per heavy atom. The highest BCUT2D eigenvalue weighted by Crippen LogP contribution is 2.26. The summed E-state index contributed by atoms with van der Waals surface area (Å²) in [6, 6.07) is 12.0. The maximum atomic E-state index is 11.3. The number of aromatic hydroxyl groups is 1. The molecule has 0 saturated carbocycles. The quantitative estimate of drug-likeness (QED) is 0.905. The first-order valence-electron chi connectivity index (χ1n) is 5.48. The van der Waals surface area contributed by atoms with E-state index in [0.717, 1.165) is 16.7 Å². The summed E-state index contributed by atoms with van der Waals surface area (Å²) in [7, 11) is -3.17. The average Bonchev–Trinajstić information content (AvgIpc) is 2.32. The van der Waals surface area contributed by atoms with Crippen LogP contribution in [0.25, 0.3) is 11.1 Å². The van der Waals surface area contributed by atoms with Crippen LogP contribution in [-0.2, 0) is 9.84 Å². The van der Waals surface area contributed by atoms with Crippen molar-refractivity contribution < 1.29 is 13.5 Å². The van der Waals surface area contributed by atoms with E-state index in [-0.39, 0.29) is 5.75 Å². The highest BCUT2D eigenvalue weighted by molar-refractivity contribution is 7.90. The average molecular weight is 262 g/mol. The Kier molecular flexibility index (Phi) is 3.13. The van der Waals surface area contributed by atoms with E-state index in [1.807, 2.05) is 19.1 Å². The summed E-state index contributed by atoms with van der Waals surface area (Å²) in [6.45, 7) is 1.83. The van der Waals surface area contributed by atoms with Gasteiger partial charge < -0.3 is 5.11 Å². The van der Waals surface area contributed by atoms with Crippen LogP contribution in [0.15, 0.2) is 47.4 Å². The molecule has 2 rings (SSSR count). The Labute approximate surface area is 107 Å². The van der Waals surface area contributed by atoms with Gasteiger partial charge in [0.1, 0.15) is 5.75 Å². The van der Waals surface area contributed by atoms with Crippen molar-refractivity contribution in [3.8, 4) is 16.9 Å². The zero-order valence-corrected chi connectivity index (χ0v) is 11.0. The number of hydrogen-bond acceptors (Lipinski definition) is 3. The van der Waals surface area contributed by atoms with Crippen LogP contribution >= 0.6 is 0 Å². The van der Waals surface area contributed by atoms with Crippen LogP contribution in [0.4, 0.5) is 0 Å². The van der Waals surface area contributed by atoms with E-state index >= 15 is 0 Å². The van der Waals surface area contributed by atoms with Crippen molar-refractivity contribution >= 4 is 9.84 Å². The molecule has 0 aliphatic rings.